The number of hydrogen-bond acceptors (Lipinski definition) is 6. The highest BCUT2D eigenvalue weighted by atomic mass is 16.2. The number of nitriles is 1. The molecule has 0 bridgehead atoms. The van der Waals surface area contributed by atoms with Crippen LogP contribution in [0, 0.1) is 31.1 Å². The molecule has 2 aromatic rings. The summed E-state index contributed by atoms with van der Waals surface area (Å²) in [6.45, 7) is 9.38. The van der Waals surface area contributed by atoms with Gasteiger partial charge in [0.1, 0.15) is 5.54 Å². The monoisotopic (exact) mass is 341 g/mol. The summed E-state index contributed by atoms with van der Waals surface area (Å²) in [4.78, 5) is 12.2. The van der Waals surface area contributed by atoms with Gasteiger partial charge in [-0.05, 0) is 54.8 Å². The average molecular weight is 341 g/mol. The first-order chi connectivity index (χ1) is 11.8. The van der Waals surface area contributed by atoms with Gasteiger partial charge in [-0.1, -0.05) is 19.9 Å². The third-order valence-corrected chi connectivity index (χ3v) is 4.30. The van der Waals surface area contributed by atoms with Gasteiger partial charge < -0.3 is 10.6 Å². The first-order valence-corrected chi connectivity index (χ1v) is 8.09. The molecular formula is C17H23N7O. The molecule has 25 heavy (non-hydrogen) atoms. The summed E-state index contributed by atoms with van der Waals surface area (Å²) in [5, 5.41) is 26.7. The molecule has 0 unspecified atom stereocenters. The van der Waals surface area contributed by atoms with E-state index in [1.807, 2.05) is 45.9 Å². The predicted molar refractivity (Wildman–Crippen MR) is 94.1 cm³/mol. The van der Waals surface area contributed by atoms with Crippen LogP contribution in [0.3, 0.4) is 0 Å². The normalized spacial score (nSPS) is 13.2. The van der Waals surface area contributed by atoms with Crippen LogP contribution in [0.1, 0.15) is 32.2 Å². The van der Waals surface area contributed by atoms with Crippen LogP contribution in [-0.2, 0) is 4.79 Å². The van der Waals surface area contributed by atoms with E-state index in [9.17, 15) is 10.1 Å². The van der Waals surface area contributed by atoms with E-state index in [0.29, 0.717) is 5.82 Å². The standard InChI is InChI=1S/C17H23N7O/c1-11(2)17(5,10-18)20-16(25)9-19-14-7-6-12(3)15(8-14)24-13(4)21-22-23-24/h6-8,11,19H,9H2,1-5H3,(H,20,25)/t17-/m0/s1. The third kappa shape index (κ3) is 4.12. The molecule has 0 fully saturated rings. The lowest BCUT2D eigenvalue weighted by Gasteiger charge is -2.27. The van der Waals surface area contributed by atoms with Crippen LogP contribution in [0.5, 0.6) is 0 Å². The summed E-state index contributed by atoms with van der Waals surface area (Å²) in [6, 6.07) is 7.87. The van der Waals surface area contributed by atoms with Gasteiger partial charge in [-0.2, -0.15) is 9.94 Å². The van der Waals surface area contributed by atoms with E-state index >= 15 is 0 Å². The number of anilines is 1. The van der Waals surface area contributed by atoms with E-state index in [1.54, 1.807) is 11.6 Å². The fourth-order valence-corrected chi connectivity index (χ4v) is 2.22. The van der Waals surface area contributed by atoms with Crippen LogP contribution in [0.15, 0.2) is 18.2 Å². The number of rotatable bonds is 6. The summed E-state index contributed by atoms with van der Waals surface area (Å²) < 4.78 is 1.64. The molecule has 132 valence electrons. The molecule has 8 heteroatoms. The highest BCUT2D eigenvalue weighted by molar-refractivity contribution is 5.82. The van der Waals surface area contributed by atoms with E-state index in [4.69, 9.17) is 0 Å². The van der Waals surface area contributed by atoms with Crippen molar-refractivity contribution >= 4 is 11.6 Å². The van der Waals surface area contributed by atoms with Gasteiger partial charge in [0.15, 0.2) is 5.82 Å². The minimum absolute atomic E-state index is 0.00946. The van der Waals surface area contributed by atoms with Crippen LogP contribution >= 0.6 is 0 Å². The van der Waals surface area contributed by atoms with E-state index in [0.717, 1.165) is 16.9 Å². The van der Waals surface area contributed by atoms with Gasteiger partial charge in [-0.15, -0.1) is 5.10 Å². The molecule has 1 atom stereocenters. The minimum Gasteiger partial charge on any atom is -0.376 e. The number of amides is 1. The lowest BCUT2D eigenvalue weighted by molar-refractivity contribution is -0.121. The van der Waals surface area contributed by atoms with Crippen molar-refractivity contribution in [3.63, 3.8) is 0 Å². The second-order valence-corrected chi connectivity index (χ2v) is 6.51. The van der Waals surface area contributed by atoms with Crippen LogP contribution < -0.4 is 10.6 Å². The Morgan fingerprint density at radius 1 is 1.40 bits per heavy atom. The number of benzene rings is 1. The number of aromatic nitrogens is 4. The Labute approximate surface area is 147 Å². The Hall–Kier alpha value is -2.95. The SMILES string of the molecule is Cc1ccc(NCC(=O)N[C@@](C)(C#N)C(C)C)cc1-n1nnnc1C. The van der Waals surface area contributed by atoms with Gasteiger partial charge in [0, 0.05) is 5.69 Å². The molecule has 0 radical (unpaired) electrons. The van der Waals surface area contributed by atoms with Gasteiger partial charge in [-0.25, -0.2) is 0 Å². The highest BCUT2D eigenvalue weighted by Gasteiger charge is 2.29. The Bertz CT molecular complexity index is 806. The molecule has 0 spiro atoms. The molecule has 2 rings (SSSR count). The summed E-state index contributed by atoms with van der Waals surface area (Å²) in [5.74, 6) is 0.452. The van der Waals surface area contributed by atoms with Crippen molar-refractivity contribution in [2.45, 2.75) is 40.2 Å². The zero-order valence-corrected chi connectivity index (χ0v) is 15.2. The maximum absolute atomic E-state index is 12.2. The molecule has 1 heterocycles. The predicted octanol–water partition coefficient (Wildman–Crippen LogP) is 1.75. The van der Waals surface area contributed by atoms with Crippen molar-refractivity contribution in [3.05, 3.63) is 29.6 Å². The number of carbonyl (C=O) groups excluding carboxylic acids is 1. The van der Waals surface area contributed by atoms with Crippen LogP contribution in [0.4, 0.5) is 5.69 Å². The van der Waals surface area contributed by atoms with Crippen molar-refractivity contribution in [2.24, 2.45) is 5.92 Å². The molecular weight excluding hydrogens is 318 g/mol. The highest BCUT2D eigenvalue weighted by Crippen LogP contribution is 2.19. The first-order valence-electron chi connectivity index (χ1n) is 8.09. The van der Waals surface area contributed by atoms with Crippen molar-refractivity contribution in [1.82, 2.24) is 25.5 Å². The molecule has 0 aliphatic carbocycles. The fourth-order valence-electron chi connectivity index (χ4n) is 2.22. The smallest absolute Gasteiger partial charge is 0.240 e. The number of aryl methyl sites for hydroxylation is 2. The fraction of sp³-hybridized carbons (Fsp3) is 0.471. The van der Waals surface area contributed by atoms with Crippen molar-refractivity contribution < 1.29 is 4.79 Å². The molecule has 1 aromatic heterocycles. The molecule has 1 amide bonds. The van der Waals surface area contributed by atoms with E-state index in [-0.39, 0.29) is 18.4 Å². The zero-order chi connectivity index (χ0) is 18.6. The van der Waals surface area contributed by atoms with Crippen LogP contribution in [0.2, 0.25) is 0 Å². The Kier molecular flexibility index (Phi) is 5.37. The summed E-state index contributed by atoms with van der Waals surface area (Å²) in [6.07, 6.45) is 0. The molecule has 1 aromatic carbocycles. The Morgan fingerprint density at radius 2 is 2.12 bits per heavy atom. The average Bonchev–Trinajstić information content (AvgIpc) is 2.99. The summed E-state index contributed by atoms with van der Waals surface area (Å²) >= 11 is 0. The van der Waals surface area contributed by atoms with Crippen LogP contribution in [-0.4, -0.2) is 38.2 Å². The maximum atomic E-state index is 12.2. The number of carbonyl (C=O) groups is 1. The Balaban J connectivity index is 2.08. The van der Waals surface area contributed by atoms with Crippen molar-refractivity contribution in [2.75, 3.05) is 11.9 Å². The molecule has 0 aliphatic rings. The van der Waals surface area contributed by atoms with Crippen LogP contribution in [0.25, 0.3) is 5.69 Å². The number of tetrazole rings is 1. The topological polar surface area (TPSA) is 109 Å². The largest absolute Gasteiger partial charge is 0.376 e. The Morgan fingerprint density at radius 3 is 2.68 bits per heavy atom. The molecule has 2 N–H and O–H groups in total. The van der Waals surface area contributed by atoms with Gasteiger partial charge in [0.25, 0.3) is 0 Å². The van der Waals surface area contributed by atoms with Gasteiger partial charge in [0.2, 0.25) is 5.91 Å². The number of hydrogen-bond donors (Lipinski definition) is 2. The van der Waals surface area contributed by atoms with Crippen molar-refractivity contribution in [1.29, 1.82) is 5.26 Å². The van der Waals surface area contributed by atoms with Crippen molar-refractivity contribution in [3.8, 4) is 11.8 Å². The van der Waals surface area contributed by atoms with E-state index < -0.39 is 5.54 Å². The van der Waals surface area contributed by atoms with E-state index in [1.165, 1.54) is 0 Å². The first kappa shape index (κ1) is 18.4. The molecule has 0 aliphatic heterocycles. The maximum Gasteiger partial charge on any atom is 0.240 e. The molecule has 8 nitrogen and oxygen atoms in total. The third-order valence-electron chi connectivity index (χ3n) is 4.30. The second-order valence-electron chi connectivity index (χ2n) is 6.51. The zero-order valence-electron chi connectivity index (χ0n) is 15.2. The number of nitrogens with zero attached hydrogens (tertiary/aromatic N) is 5. The summed E-state index contributed by atoms with van der Waals surface area (Å²) in [5.41, 5.74) is 1.74. The second kappa shape index (κ2) is 7.30. The van der Waals surface area contributed by atoms with E-state index in [2.05, 4.69) is 32.2 Å². The number of nitrogens with one attached hydrogen (secondary N) is 2. The summed E-state index contributed by atoms with van der Waals surface area (Å²) in [7, 11) is 0. The van der Waals surface area contributed by atoms with Gasteiger partial charge in [0.05, 0.1) is 18.3 Å². The quantitative estimate of drug-likeness (QED) is 0.828. The molecule has 0 saturated heterocycles. The van der Waals surface area contributed by atoms with Gasteiger partial charge >= 0.3 is 0 Å². The lowest BCUT2D eigenvalue weighted by Crippen LogP contribution is -2.50. The molecule has 0 saturated carbocycles. The minimum atomic E-state index is -0.888. The van der Waals surface area contributed by atoms with Gasteiger partial charge in [-0.3, -0.25) is 4.79 Å². The lowest BCUT2D eigenvalue weighted by atomic mass is 9.90.